The van der Waals surface area contributed by atoms with Crippen LogP contribution in [0, 0.1) is 0 Å². The molecule has 2 N–H and O–H groups in total. The molecule has 0 saturated heterocycles. The molecular formula is C21H18ClN3O2. The Balaban J connectivity index is 0.00000180. The molecule has 0 spiro atoms. The van der Waals surface area contributed by atoms with Crippen molar-refractivity contribution in [2.24, 2.45) is 0 Å². The number of benzene rings is 3. The van der Waals surface area contributed by atoms with Gasteiger partial charge in [0.1, 0.15) is 6.42 Å². The fourth-order valence-electron chi connectivity index (χ4n) is 3.81. The van der Waals surface area contributed by atoms with Crippen LogP contribution in [0.3, 0.4) is 0 Å². The van der Waals surface area contributed by atoms with Crippen molar-refractivity contribution >= 4 is 57.7 Å². The van der Waals surface area contributed by atoms with Crippen LogP contribution in [0.2, 0.25) is 0 Å². The van der Waals surface area contributed by atoms with Crippen molar-refractivity contribution in [3.8, 4) is 0 Å². The molecule has 0 atom stereocenters. The largest absolute Gasteiger partial charge is 0.384 e. The third kappa shape index (κ3) is 2.80. The highest BCUT2D eigenvalue weighted by Gasteiger charge is 2.29. The fraction of sp³-hybridized carbons (Fsp3) is 0.143. The first-order valence-electron chi connectivity index (χ1n) is 8.72. The summed E-state index contributed by atoms with van der Waals surface area (Å²) >= 11 is 0. The molecule has 2 aliphatic heterocycles. The quantitative estimate of drug-likeness (QED) is 0.622. The van der Waals surface area contributed by atoms with E-state index in [0.717, 1.165) is 35.1 Å². The molecule has 3 aromatic rings. The number of halogens is 1. The number of carbonyl (C=O) groups excluding carboxylic acids is 2. The molecule has 2 amide bonds. The van der Waals surface area contributed by atoms with Gasteiger partial charge in [-0.05, 0) is 35.6 Å². The molecule has 5 nitrogen and oxygen atoms in total. The molecule has 6 heteroatoms. The summed E-state index contributed by atoms with van der Waals surface area (Å²) in [6.07, 6.45) is 0.818. The SMILES string of the molecule is Cl.O=C1CC(=O)N(c2ccc3c(c2)NCC3)c2ccc3ccccc3c2N1. The van der Waals surface area contributed by atoms with Gasteiger partial charge in [-0.2, -0.15) is 0 Å². The molecule has 5 rings (SSSR count). The Morgan fingerprint density at radius 1 is 0.963 bits per heavy atom. The Bertz CT molecular complexity index is 1080. The third-order valence-corrected chi connectivity index (χ3v) is 5.03. The number of nitrogens with zero attached hydrogens (tertiary/aromatic N) is 1. The molecule has 0 unspecified atom stereocenters. The molecule has 2 aliphatic rings. The van der Waals surface area contributed by atoms with Gasteiger partial charge in [-0.1, -0.05) is 36.4 Å². The number of carbonyl (C=O) groups is 2. The summed E-state index contributed by atoms with van der Waals surface area (Å²) < 4.78 is 0. The van der Waals surface area contributed by atoms with Crippen LogP contribution in [0.25, 0.3) is 10.8 Å². The Labute approximate surface area is 162 Å². The standard InChI is InChI=1S/C21H17N3O2.ClH/c25-19-12-20(26)24(15-7-5-14-9-10-22-17(14)11-15)18-8-6-13-3-1-2-4-16(13)21(18)23-19;/h1-8,11,22H,9-10,12H2,(H,23,25);1H. The zero-order valence-electron chi connectivity index (χ0n) is 14.5. The Morgan fingerprint density at radius 2 is 1.81 bits per heavy atom. The summed E-state index contributed by atoms with van der Waals surface area (Å²) in [5, 5.41) is 8.24. The first-order valence-corrected chi connectivity index (χ1v) is 8.72. The van der Waals surface area contributed by atoms with E-state index in [4.69, 9.17) is 0 Å². The summed E-state index contributed by atoms with van der Waals surface area (Å²) in [4.78, 5) is 26.8. The summed E-state index contributed by atoms with van der Waals surface area (Å²) in [5.74, 6) is -0.510. The maximum Gasteiger partial charge on any atom is 0.241 e. The number of anilines is 4. The van der Waals surface area contributed by atoms with Gasteiger partial charge in [-0.3, -0.25) is 14.5 Å². The molecular weight excluding hydrogens is 362 g/mol. The Kier molecular flexibility index (Phi) is 4.24. The van der Waals surface area contributed by atoms with E-state index in [1.807, 2.05) is 48.5 Å². The number of hydrogen-bond acceptors (Lipinski definition) is 3. The molecule has 3 aromatic carbocycles. The van der Waals surface area contributed by atoms with Gasteiger partial charge < -0.3 is 10.6 Å². The monoisotopic (exact) mass is 379 g/mol. The molecule has 0 aromatic heterocycles. The smallest absolute Gasteiger partial charge is 0.241 e. The summed E-state index contributed by atoms with van der Waals surface area (Å²) in [7, 11) is 0. The predicted molar refractivity (Wildman–Crippen MR) is 110 cm³/mol. The van der Waals surface area contributed by atoms with Gasteiger partial charge in [0.2, 0.25) is 11.8 Å². The lowest BCUT2D eigenvalue weighted by Crippen LogP contribution is -2.26. The molecule has 0 fully saturated rings. The number of hydrogen-bond donors (Lipinski definition) is 2. The number of nitrogens with one attached hydrogen (secondary N) is 2. The van der Waals surface area contributed by atoms with Crippen molar-refractivity contribution in [1.29, 1.82) is 0 Å². The Morgan fingerprint density at radius 3 is 2.70 bits per heavy atom. The van der Waals surface area contributed by atoms with E-state index < -0.39 is 0 Å². The molecule has 0 saturated carbocycles. The summed E-state index contributed by atoms with van der Waals surface area (Å²) in [6.45, 7) is 0.911. The second-order valence-electron chi connectivity index (χ2n) is 6.65. The van der Waals surface area contributed by atoms with Gasteiger partial charge >= 0.3 is 0 Å². The van der Waals surface area contributed by atoms with Gasteiger partial charge in [-0.25, -0.2) is 0 Å². The average molecular weight is 380 g/mol. The average Bonchev–Trinajstić information content (AvgIpc) is 3.06. The topological polar surface area (TPSA) is 61.4 Å². The highest BCUT2D eigenvalue weighted by Crippen LogP contribution is 2.41. The van der Waals surface area contributed by atoms with Crippen LogP contribution in [0.4, 0.5) is 22.7 Å². The lowest BCUT2D eigenvalue weighted by Gasteiger charge is -2.24. The molecule has 2 heterocycles. The van der Waals surface area contributed by atoms with Crippen molar-refractivity contribution < 1.29 is 9.59 Å². The molecule has 0 radical (unpaired) electrons. The van der Waals surface area contributed by atoms with Crippen LogP contribution < -0.4 is 15.5 Å². The van der Waals surface area contributed by atoms with E-state index in [0.29, 0.717) is 11.4 Å². The van der Waals surface area contributed by atoms with E-state index in [2.05, 4.69) is 16.7 Å². The second-order valence-corrected chi connectivity index (χ2v) is 6.65. The van der Waals surface area contributed by atoms with Crippen molar-refractivity contribution in [3.05, 3.63) is 60.2 Å². The van der Waals surface area contributed by atoms with Crippen LogP contribution in [-0.4, -0.2) is 18.4 Å². The van der Waals surface area contributed by atoms with Crippen molar-refractivity contribution in [1.82, 2.24) is 0 Å². The summed E-state index contributed by atoms with van der Waals surface area (Å²) in [6, 6.07) is 17.8. The molecule has 136 valence electrons. The van der Waals surface area contributed by atoms with Crippen LogP contribution in [0.15, 0.2) is 54.6 Å². The van der Waals surface area contributed by atoms with Crippen LogP contribution >= 0.6 is 12.4 Å². The lowest BCUT2D eigenvalue weighted by atomic mass is 10.1. The zero-order chi connectivity index (χ0) is 17.7. The first-order chi connectivity index (χ1) is 12.7. The van der Waals surface area contributed by atoms with E-state index in [9.17, 15) is 9.59 Å². The first kappa shape index (κ1) is 17.4. The van der Waals surface area contributed by atoms with E-state index in [-0.39, 0.29) is 30.6 Å². The highest BCUT2D eigenvalue weighted by molar-refractivity contribution is 6.21. The van der Waals surface area contributed by atoms with Crippen LogP contribution in [-0.2, 0) is 16.0 Å². The normalized spacial score (nSPS) is 15.3. The molecule has 0 bridgehead atoms. The maximum atomic E-state index is 12.9. The predicted octanol–water partition coefficient (Wildman–Crippen LogP) is 4.24. The zero-order valence-corrected chi connectivity index (χ0v) is 15.3. The van der Waals surface area contributed by atoms with Crippen molar-refractivity contribution in [3.63, 3.8) is 0 Å². The van der Waals surface area contributed by atoms with E-state index in [1.54, 1.807) is 4.90 Å². The minimum Gasteiger partial charge on any atom is -0.384 e. The lowest BCUT2D eigenvalue weighted by molar-refractivity contribution is -0.124. The Hall–Kier alpha value is -3.05. The van der Waals surface area contributed by atoms with Gasteiger partial charge in [0.15, 0.2) is 0 Å². The molecule has 0 aliphatic carbocycles. The van der Waals surface area contributed by atoms with Crippen LogP contribution in [0.1, 0.15) is 12.0 Å². The van der Waals surface area contributed by atoms with Gasteiger partial charge in [-0.15, -0.1) is 12.4 Å². The minimum absolute atomic E-state index is 0. The summed E-state index contributed by atoms with van der Waals surface area (Å²) in [5.41, 5.74) is 4.48. The van der Waals surface area contributed by atoms with E-state index in [1.165, 1.54) is 5.56 Å². The van der Waals surface area contributed by atoms with Gasteiger partial charge in [0.05, 0.1) is 17.1 Å². The van der Waals surface area contributed by atoms with Gasteiger partial charge in [0.25, 0.3) is 0 Å². The highest BCUT2D eigenvalue weighted by atomic mass is 35.5. The third-order valence-electron chi connectivity index (χ3n) is 5.03. The maximum absolute atomic E-state index is 12.9. The second kappa shape index (κ2) is 6.59. The van der Waals surface area contributed by atoms with Crippen LogP contribution in [0.5, 0.6) is 0 Å². The number of rotatable bonds is 1. The van der Waals surface area contributed by atoms with Crippen molar-refractivity contribution in [2.45, 2.75) is 12.8 Å². The minimum atomic E-state index is -0.283. The van der Waals surface area contributed by atoms with Crippen molar-refractivity contribution in [2.75, 3.05) is 22.1 Å². The molecule has 27 heavy (non-hydrogen) atoms. The number of amides is 2. The fourth-order valence-corrected chi connectivity index (χ4v) is 3.81. The van der Waals surface area contributed by atoms with Gasteiger partial charge in [0, 0.05) is 17.6 Å². The number of fused-ring (bicyclic) bond motifs is 4. The van der Waals surface area contributed by atoms with E-state index >= 15 is 0 Å².